The minimum absolute atomic E-state index is 0.379. The van der Waals surface area contributed by atoms with Crippen molar-refractivity contribution in [2.45, 2.75) is 6.18 Å². The third kappa shape index (κ3) is 5.70. The number of hydrogen-bond acceptors (Lipinski definition) is 2. The van der Waals surface area contributed by atoms with Gasteiger partial charge in [-0.3, -0.25) is 4.79 Å². The van der Waals surface area contributed by atoms with E-state index < -0.39 is 25.3 Å². The molecule has 1 rings (SSSR count). The Hall–Kier alpha value is -0.790. The summed E-state index contributed by atoms with van der Waals surface area (Å²) in [6, 6.07) is 4.62. The second kappa shape index (κ2) is 6.40. The summed E-state index contributed by atoms with van der Waals surface area (Å²) < 4.78 is 40.1. The monoisotopic (exact) mass is 345 g/mol. The van der Waals surface area contributed by atoms with E-state index in [1.807, 2.05) is 0 Å². The first-order chi connectivity index (χ1) is 8.28. The first kappa shape index (κ1) is 15.3. The molecule has 0 unspecified atom stereocenters. The SMILES string of the molecule is O=C(COCC(F)(F)F)Nc1ccc(Br)c(Cl)c1. The zero-order chi connectivity index (χ0) is 13.8. The molecule has 0 saturated heterocycles. The Morgan fingerprint density at radius 3 is 2.67 bits per heavy atom. The summed E-state index contributed by atoms with van der Waals surface area (Å²) in [5.74, 6) is -0.683. The lowest BCUT2D eigenvalue weighted by Crippen LogP contribution is -2.23. The average molecular weight is 347 g/mol. The number of nitrogens with one attached hydrogen (secondary N) is 1. The van der Waals surface area contributed by atoms with Gasteiger partial charge in [-0.15, -0.1) is 0 Å². The van der Waals surface area contributed by atoms with E-state index in [1.165, 1.54) is 6.07 Å². The number of benzene rings is 1. The maximum Gasteiger partial charge on any atom is 0.411 e. The first-order valence-electron chi connectivity index (χ1n) is 4.67. The van der Waals surface area contributed by atoms with Gasteiger partial charge >= 0.3 is 6.18 Å². The highest BCUT2D eigenvalue weighted by atomic mass is 79.9. The third-order valence-electron chi connectivity index (χ3n) is 1.70. The van der Waals surface area contributed by atoms with Gasteiger partial charge in [-0.25, -0.2) is 0 Å². The summed E-state index contributed by atoms with van der Waals surface area (Å²) in [7, 11) is 0. The second-order valence-corrected chi connectivity index (χ2v) is 4.55. The van der Waals surface area contributed by atoms with Crippen molar-refractivity contribution in [1.82, 2.24) is 0 Å². The van der Waals surface area contributed by atoms with Gasteiger partial charge in [0.2, 0.25) is 5.91 Å². The van der Waals surface area contributed by atoms with Crippen molar-refractivity contribution in [1.29, 1.82) is 0 Å². The number of carbonyl (C=O) groups is 1. The number of hydrogen-bond donors (Lipinski definition) is 1. The molecule has 0 aliphatic carbocycles. The summed E-state index contributed by atoms with van der Waals surface area (Å²) in [4.78, 5) is 11.2. The van der Waals surface area contributed by atoms with Crippen molar-refractivity contribution < 1.29 is 22.7 Å². The Labute approximate surface area is 114 Å². The largest absolute Gasteiger partial charge is 0.411 e. The molecule has 0 radical (unpaired) electrons. The van der Waals surface area contributed by atoms with Gasteiger partial charge in [0.15, 0.2) is 0 Å². The number of amides is 1. The van der Waals surface area contributed by atoms with Crippen molar-refractivity contribution in [3.8, 4) is 0 Å². The molecule has 0 aliphatic rings. The van der Waals surface area contributed by atoms with Crippen LogP contribution in [0.4, 0.5) is 18.9 Å². The number of carbonyl (C=O) groups excluding carboxylic acids is 1. The van der Waals surface area contributed by atoms with E-state index in [0.29, 0.717) is 15.2 Å². The van der Waals surface area contributed by atoms with Crippen LogP contribution in [-0.4, -0.2) is 25.3 Å². The summed E-state index contributed by atoms with van der Waals surface area (Å²) in [6.45, 7) is -2.13. The summed E-state index contributed by atoms with van der Waals surface area (Å²) >= 11 is 8.95. The fraction of sp³-hybridized carbons (Fsp3) is 0.300. The molecule has 1 amide bonds. The van der Waals surface area contributed by atoms with E-state index >= 15 is 0 Å². The van der Waals surface area contributed by atoms with E-state index in [4.69, 9.17) is 11.6 Å². The van der Waals surface area contributed by atoms with Crippen molar-refractivity contribution >= 4 is 39.1 Å². The Balaban J connectivity index is 2.42. The number of anilines is 1. The van der Waals surface area contributed by atoms with Gasteiger partial charge in [-0.05, 0) is 34.1 Å². The van der Waals surface area contributed by atoms with Crippen molar-refractivity contribution in [2.75, 3.05) is 18.5 Å². The van der Waals surface area contributed by atoms with Gasteiger partial charge in [0.25, 0.3) is 0 Å². The number of alkyl halides is 3. The Kier molecular flexibility index (Phi) is 5.43. The molecule has 0 aromatic heterocycles. The molecule has 0 bridgehead atoms. The number of rotatable bonds is 4. The molecular formula is C10H8BrClF3NO2. The smallest absolute Gasteiger partial charge is 0.362 e. The summed E-state index contributed by atoms with van der Waals surface area (Å²) in [5, 5.41) is 2.74. The quantitative estimate of drug-likeness (QED) is 0.904. The Morgan fingerprint density at radius 2 is 2.11 bits per heavy atom. The Morgan fingerprint density at radius 1 is 1.44 bits per heavy atom. The fourth-order valence-electron chi connectivity index (χ4n) is 1.03. The maximum absolute atomic E-state index is 11.8. The van der Waals surface area contributed by atoms with Gasteiger partial charge in [-0.1, -0.05) is 11.6 Å². The van der Waals surface area contributed by atoms with E-state index in [9.17, 15) is 18.0 Å². The molecule has 0 spiro atoms. The second-order valence-electron chi connectivity index (χ2n) is 3.29. The molecular weight excluding hydrogens is 338 g/mol. The molecule has 1 aromatic rings. The van der Waals surface area contributed by atoms with E-state index in [1.54, 1.807) is 12.1 Å². The highest BCUT2D eigenvalue weighted by molar-refractivity contribution is 9.10. The molecule has 3 nitrogen and oxygen atoms in total. The summed E-state index contributed by atoms with van der Waals surface area (Å²) in [6.07, 6.45) is -4.44. The molecule has 0 saturated carbocycles. The normalized spacial score (nSPS) is 11.4. The van der Waals surface area contributed by atoms with Crippen LogP contribution in [0.15, 0.2) is 22.7 Å². The van der Waals surface area contributed by atoms with Crippen molar-refractivity contribution in [3.63, 3.8) is 0 Å². The lowest BCUT2D eigenvalue weighted by molar-refractivity contribution is -0.174. The molecule has 18 heavy (non-hydrogen) atoms. The van der Waals surface area contributed by atoms with Gasteiger partial charge in [0, 0.05) is 10.2 Å². The number of ether oxygens (including phenoxy) is 1. The molecule has 1 aromatic carbocycles. The molecule has 1 N–H and O–H groups in total. The van der Waals surface area contributed by atoms with Crippen LogP contribution < -0.4 is 5.32 Å². The van der Waals surface area contributed by atoms with Crippen LogP contribution >= 0.6 is 27.5 Å². The fourth-order valence-corrected chi connectivity index (χ4v) is 1.46. The lowest BCUT2D eigenvalue weighted by atomic mass is 10.3. The Bertz CT molecular complexity index is 440. The van der Waals surface area contributed by atoms with Crippen LogP contribution in [0.2, 0.25) is 5.02 Å². The zero-order valence-corrected chi connectivity index (χ0v) is 11.2. The van der Waals surface area contributed by atoms with Gasteiger partial charge in [0.1, 0.15) is 13.2 Å². The predicted molar refractivity (Wildman–Crippen MR) is 64.7 cm³/mol. The number of halogens is 5. The molecule has 0 heterocycles. The van der Waals surface area contributed by atoms with Crippen LogP contribution in [0.1, 0.15) is 0 Å². The molecule has 100 valence electrons. The third-order valence-corrected chi connectivity index (χ3v) is 2.93. The topological polar surface area (TPSA) is 38.3 Å². The molecule has 0 atom stereocenters. The predicted octanol–water partition coefficient (Wildman–Crippen LogP) is 3.62. The lowest BCUT2D eigenvalue weighted by Gasteiger charge is -2.08. The van der Waals surface area contributed by atoms with Gasteiger partial charge in [-0.2, -0.15) is 13.2 Å². The van der Waals surface area contributed by atoms with Gasteiger partial charge in [0.05, 0.1) is 5.02 Å². The van der Waals surface area contributed by atoms with Crippen LogP contribution in [0.25, 0.3) is 0 Å². The van der Waals surface area contributed by atoms with Gasteiger partial charge < -0.3 is 10.1 Å². The molecule has 8 heteroatoms. The highest BCUT2D eigenvalue weighted by Gasteiger charge is 2.27. The van der Waals surface area contributed by atoms with E-state index in [0.717, 1.165) is 0 Å². The first-order valence-corrected chi connectivity index (χ1v) is 5.84. The van der Waals surface area contributed by atoms with E-state index in [-0.39, 0.29) is 0 Å². The van der Waals surface area contributed by atoms with Crippen molar-refractivity contribution in [2.24, 2.45) is 0 Å². The van der Waals surface area contributed by atoms with Crippen LogP contribution in [0, 0.1) is 0 Å². The van der Waals surface area contributed by atoms with Crippen LogP contribution in [0.3, 0.4) is 0 Å². The molecule has 0 aliphatic heterocycles. The highest BCUT2D eigenvalue weighted by Crippen LogP contribution is 2.25. The van der Waals surface area contributed by atoms with Crippen molar-refractivity contribution in [3.05, 3.63) is 27.7 Å². The average Bonchev–Trinajstić information content (AvgIpc) is 2.21. The summed E-state index contributed by atoms with van der Waals surface area (Å²) in [5.41, 5.74) is 0.379. The zero-order valence-electron chi connectivity index (χ0n) is 8.85. The molecule has 0 fully saturated rings. The van der Waals surface area contributed by atoms with Crippen LogP contribution in [-0.2, 0) is 9.53 Å². The minimum atomic E-state index is -4.44. The van der Waals surface area contributed by atoms with E-state index in [2.05, 4.69) is 26.0 Å². The maximum atomic E-state index is 11.8. The standard InChI is InChI=1S/C10H8BrClF3NO2/c11-7-2-1-6(3-8(7)12)16-9(17)4-18-5-10(13,14)15/h1-3H,4-5H2,(H,16,17). The minimum Gasteiger partial charge on any atom is -0.362 e. The van der Waals surface area contributed by atoms with Crippen LogP contribution in [0.5, 0.6) is 0 Å².